The lowest BCUT2D eigenvalue weighted by molar-refractivity contribution is -0.122. The molecule has 0 aliphatic heterocycles. The van der Waals surface area contributed by atoms with Crippen molar-refractivity contribution in [2.45, 2.75) is 23.9 Å². The van der Waals surface area contributed by atoms with Crippen LogP contribution in [0.2, 0.25) is 0 Å². The zero-order valence-electron chi connectivity index (χ0n) is 18.9. The number of benzene rings is 3. The molecule has 33 heavy (non-hydrogen) atoms. The van der Waals surface area contributed by atoms with Crippen molar-refractivity contribution in [2.24, 2.45) is 0 Å². The van der Waals surface area contributed by atoms with Crippen molar-refractivity contribution >= 4 is 15.9 Å². The number of hydrogen-bond acceptors (Lipinski definition) is 5. The molecule has 0 spiro atoms. The smallest absolute Gasteiger partial charge is 0.243 e. The quantitative estimate of drug-likeness (QED) is 0.490. The Morgan fingerprint density at radius 3 is 1.97 bits per heavy atom. The van der Waals surface area contributed by atoms with Gasteiger partial charge in [0.1, 0.15) is 11.5 Å². The molecule has 0 aromatic heterocycles. The lowest BCUT2D eigenvalue weighted by Crippen LogP contribution is -2.35. The minimum atomic E-state index is -3.81. The lowest BCUT2D eigenvalue weighted by atomic mass is 10.0. The first kappa shape index (κ1) is 24.3. The number of nitrogens with zero attached hydrogens (tertiary/aromatic N) is 1. The van der Waals surface area contributed by atoms with Crippen molar-refractivity contribution in [3.8, 4) is 11.5 Å². The van der Waals surface area contributed by atoms with Gasteiger partial charge in [-0.05, 0) is 47.5 Å². The van der Waals surface area contributed by atoms with Gasteiger partial charge < -0.3 is 14.8 Å². The van der Waals surface area contributed by atoms with Crippen LogP contribution in [0, 0.1) is 0 Å². The third kappa shape index (κ3) is 6.12. The van der Waals surface area contributed by atoms with Crippen LogP contribution in [-0.4, -0.2) is 39.9 Å². The summed E-state index contributed by atoms with van der Waals surface area (Å²) in [6, 6.07) is 21.9. The fourth-order valence-electron chi connectivity index (χ4n) is 3.40. The molecule has 0 unspecified atom stereocenters. The van der Waals surface area contributed by atoms with Crippen molar-refractivity contribution in [3.63, 3.8) is 0 Å². The molecule has 0 radical (unpaired) electrons. The Labute approximate surface area is 195 Å². The summed E-state index contributed by atoms with van der Waals surface area (Å²) in [5.74, 6) is 1.12. The predicted octanol–water partition coefficient (Wildman–Crippen LogP) is 3.77. The molecule has 3 aromatic rings. The Bertz CT molecular complexity index is 1150. The lowest BCUT2D eigenvalue weighted by Gasteiger charge is -2.28. The molecule has 1 atom stereocenters. The van der Waals surface area contributed by atoms with Crippen molar-refractivity contribution in [1.82, 2.24) is 9.62 Å². The number of ether oxygens (including phenoxy) is 2. The number of carbonyl (C=O) groups excluding carboxylic acids is 1. The van der Waals surface area contributed by atoms with Crippen LogP contribution in [0.4, 0.5) is 0 Å². The highest BCUT2D eigenvalue weighted by atomic mass is 32.2. The van der Waals surface area contributed by atoms with Gasteiger partial charge in [-0.25, -0.2) is 8.42 Å². The number of sulfonamides is 1. The van der Waals surface area contributed by atoms with E-state index in [9.17, 15) is 13.2 Å². The summed E-state index contributed by atoms with van der Waals surface area (Å²) in [6.45, 7) is 0.327. The van der Waals surface area contributed by atoms with Gasteiger partial charge in [-0.2, -0.15) is 4.31 Å². The van der Waals surface area contributed by atoms with Gasteiger partial charge in [0.25, 0.3) is 0 Å². The van der Waals surface area contributed by atoms with Crippen LogP contribution in [0.5, 0.6) is 11.5 Å². The van der Waals surface area contributed by atoms with Crippen molar-refractivity contribution in [3.05, 3.63) is 90.0 Å². The van der Waals surface area contributed by atoms with Crippen LogP contribution in [0.15, 0.2) is 83.8 Å². The van der Waals surface area contributed by atoms with E-state index in [0.29, 0.717) is 17.9 Å². The minimum absolute atomic E-state index is 0.0367. The second-order valence-corrected chi connectivity index (χ2v) is 9.45. The Morgan fingerprint density at radius 2 is 1.42 bits per heavy atom. The predicted molar refractivity (Wildman–Crippen MR) is 127 cm³/mol. The molecule has 0 fully saturated rings. The average molecular weight is 469 g/mol. The van der Waals surface area contributed by atoms with E-state index in [-0.39, 0.29) is 17.2 Å². The number of amides is 1. The van der Waals surface area contributed by atoms with E-state index >= 15 is 0 Å². The van der Waals surface area contributed by atoms with E-state index in [1.807, 2.05) is 24.3 Å². The van der Waals surface area contributed by atoms with Crippen LogP contribution in [-0.2, 0) is 21.4 Å². The monoisotopic (exact) mass is 468 g/mol. The van der Waals surface area contributed by atoms with E-state index in [1.54, 1.807) is 68.8 Å². The summed E-state index contributed by atoms with van der Waals surface area (Å²) in [4.78, 5) is 13.0. The largest absolute Gasteiger partial charge is 0.497 e. The number of nitrogens with one attached hydrogen (secondary N) is 1. The molecule has 8 heteroatoms. The summed E-state index contributed by atoms with van der Waals surface area (Å²) in [6.07, 6.45) is -0.0367. The van der Waals surface area contributed by atoms with E-state index in [0.717, 1.165) is 11.3 Å². The van der Waals surface area contributed by atoms with Gasteiger partial charge in [0.15, 0.2) is 0 Å². The topological polar surface area (TPSA) is 84.9 Å². The van der Waals surface area contributed by atoms with Gasteiger partial charge in [0.05, 0.1) is 25.2 Å². The number of rotatable bonds is 10. The molecule has 0 saturated carbocycles. The number of hydrogen-bond donors (Lipinski definition) is 1. The summed E-state index contributed by atoms with van der Waals surface area (Å²) in [7, 11) is 0.834. The first-order chi connectivity index (χ1) is 15.8. The van der Waals surface area contributed by atoms with Gasteiger partial charge in [-0.1, -0.05) is 42.5 Å². The molecule has 0 bridgehead atoms. The fourth-order valence-corrected chi connectivity index (χ4v) is 4.77. The molecular weight excluding hydrogens is 440 g/mol. The minimum Gasteiger partial charge on any atom is -0.497 e. The van der Waals surface area contributed by atoms with Crippen molar-refractivity contribution in [2.75, 3.05) is 21.3 Å². The average Bonchev–Trinajstić information content (AvgIpc) is 2.86. The number of methoxy groups -OCH3 is 2. The van der Waals surface area contributed by atoms with Crippen LogP contribution in [0.1, 0.15) is 23.6 Å². The SMILES string of the molecule is COc1ccc(CNC(=O)C[C@@H](c2ccc(OC)cc2)N(C)S(=O)(=O)c2ccccc2)cc1. The maximum Gasteiger partial charge on any atom is 0.243 e. The standard InChI is InChI=1S/C25H28N2O5S/c1-27(33(29,30)23-7-5-4-6-8-23)24(20-11-15-22(32-3)16-12-20)17-25(28)26-18-19-9-13-21(31-2)14-10-19/h4-16,24H,17-18H2,1-3H3,(H,26,28)/t24-/m0/s1. The summed E-state index contributed by atoms with van der Waals surface area (Å²) in [5, 5.41) is 2.88. The zero-order valence-corrected chi connectivity index (χ0v) is 19.7. The van der Waals surface area contributed by atoms with E-state index in [2.05, 4.69) is 5.32 Å². The molecule has 174 valence electrons. The van der Waals surface area contributed by atoms with Crippen LogP contribution >= 0.6 is 0 Å². The van der Waals surface area contributed by atoms with Gasteiger partial charge in [0, 0.05) is 20.0 Å². The Kier molecular flexibility index (Phi) is 8.08. The Balaban J connectivity index is 1.81. The highest BCUT2D eigenvalue weighted by Crippen LogP contribution is 2.30. The van der Waals surface area contributed by atoms with Gasteiger partial charge in [0.2, 0.25) is 15.9 Å². The van der Waals surface area contributed by atoms with Gasteiger partial charge in [-0.15, -0.1) is 0 Å². The van der Waals surface area contributed by atoms with Crippen LogP contribution in [0.25, 0.3) is 0 Å². The zero-order chi connectivity index (χ0) is 23.8. The second kappa shape index (κ2) is 11.0. The normalized spacial score (nSPS) is 12.2. The molecule has 0 saturated heterocycles. The molecule has 0 aliphatic carbocycles. The highest BCUT2D eigenvalue weighted by molar-refractivity contribution is 7.89. The fraction of sp³-hybridized carbons (Fsp3) is 0.240. The van der Waals surface area contributed by atoms with E-state index in [4.69, 9.17) is 9.47 Å². The van der Waals surface area contributed by atoms with Gasteiger partial charge in [-0.3, -0.25) is 4.79 Å². The molecule has 3 aromatic carbocycles. The molecule has 0 heterocycles. The van der Waals surface area contributed by atoms with Crippen molar-refractivity contribution in [1.29, 1.82) is 0 Å². The first-order valence-electron chi connectivity index (χ1n) is 10.4. The Hall–Kier alpha value is -3.36. The molecule has 3 rings (SSSR count). The Morgan fingerprint density at radius 1 is 0.879 bits per heavy atom. The van der Waals surface area contributed by atoms with E-state index < -0.39 is 16.1 Å². The molecule has 1 N–H and O–H groups in total. The molecule has 0 aliphatic rings. The highest BCUT2D eigenvalue weighted by Gasteiger charge is 2.30. The van der Waals surface area contributed by atoms with Gasteiger partial charge >= 0.3 is 0 Å². The molecule has 7 nitrogen and oxygen atoms in total. The maximum atomic E-state index is 13.2. The van der Waals surface area contributed by atoms with Crippen LogP contribution < -0.4 is 14.8 Å². The van der Waals surface area contributed by atoms with E-state index in [1.165, 1.54) is 11.4 Å². The van der Waals surface area contributed by atoms with Crippen LogP contribution in [0.3, 0.4) is 0 Å². The summed E-state index contributed by atoms with van der Waals surface area (Å²) < 4.78 is 38.1. The summed E-state index contributed by atoms with van der Waals surface area (Å²) >= 11 is 0. The maximum absolute atomic E-state index is 13.2. The number of carbonyl (C=O) groups is 1. The third-order valence-electron chi connectivity index (χ3n) is 5.39. The summed E-state index contributed by atoms with van der Waals surface area (Å²) in [5.41, 5.74) is 1.60. The molecular formula is C25H28N2O5S. The van der Waals surface area contributed by atoms with Crippen molar-refractivity contribution < 1.29 is 22.7 Å². The molecule has 1 amide bonds. The second-order valence-electron chi connectivity index (χ2n) is 7.45. The third-order valence-corrected chi connectivity index (χ3v) is 7.27. The first-order valence-corrected chi connectivity index (χ1v) is 11.9.